The van der Waals surface area contributed by atoms with Crippen LogP contribution in [0, 0.1) is 0 Å². The second kappa shape index (κ2) is 12.2. The minimum Gasteiger partial charge on any atom is -0.303 e. The van der Waals surface area contributed by atoms with Crippen LogP contribution in [0.5, 0.6) is 0 Å². The number of rotatable bonds is 9. The second-order valence-corrected chi connectivity index (χ2v) is 11.8. The van der Waals surface area contributed by atoms with Crippen molar-refractivity contribution in [3.8, 4) is 0 Å². The maximum absolute atomic E-state index is 13.2. The van der Waals surface area contributed by atoms with Gasteiger partial charge >= 0.3 is 0 Å². The summed E-state index contributed by atoms with van der Waals surface area (Å²) >= 11 is 0. The van der Waals surface area contributed by atoms with Gasteiger partial charge in [-0.3, -0.25) is 0 Å². The van der Waals surface area contributed by atoms with E-state index >= 15 is 0 Å². The normalized spacial score (nSPS) is 17.0. The number of hydrogen-bond acceptors (Lipinski definition) is 3. The first-order valence-corrected chi connectivity index (χ1v) is 13.7. The first-order chi connectivity index (χ1) is 16.4. The summed E-state index contributed by atoms with van der Waals surface area (Å²) in [6.07, 6.45) is 3.25. The number of likely N-dealkylation sites (tertiary alicyclic amines) is 1. The van der Waals surface area contributed by atoms with Crippen LogP contribution in [0.3, 0.4) is 0 Å². The van der Waals surface area contributed by atoms with Gasteiger partial charge in [-0.25, -0.2) is 12.7 Å². The van der Waals surface area contributed by atoms with Crippen LogP contribution >= 0.6 is 12.4 Å². The van der Waals surface area contributed by atoms with Crippen molar-refractivity contribution in [2.45, 2.75) is 42.4 Å². The Morgan fingerprint density at radius 3 is 1.94 bits per heavy atom. The Labute approximate surface area is 217 Å². The predicted octanol–water partition coefficient (Wildman–Crippen LogP) is 5.96. The number of likely N-dealkylation sites (N-methyl/N-ethyl adjacent to an activating group) is 1. The molecule has 6 heteroatoms. The lowest BCUT2D eigenvalue weighted by molar-refractivity contribution is 0.187. The van der Waals surface area contributed by atoms with Gasteiger partial charge in [0.2, 0.25) is 10.0 Å². The van der Waals surface area contributed by atoms with Gasteiger partial charge in [-0.1, -0.05) is 85.8 Å². The molecule has 4 rings (SSSR count). The fourth-order valence-electron chi connectivity index (χ4n) is 5.12. The molecule has 0 spiro atoms. The highest BCUT2D eigenvalue weighted by Gasteiger charge is 2.33. The summed E-state index contributed by atoms with van der Waals surface area (Å²) in [5.74, 6) is 0.639. The smallest absolute Gasteiger partial charge is 0.242 e. The Balaban J connectivity index is 0.00000342. The molecule has 4 nitrogen and oxygen atoms in total. The largest absolute Gasteiger partial charge is 0.303 e. The van der Waals surface area contributed by atoms with Gasteiger partial charge in [-0.05, 0) is 68.1 Å². The topological polar surface area (TPSA) is 40.6 Å². The molecule has 0 aliphatic carbocycles. The van der Waals surface area contributed by atoms with E-state index in [2.05, 4.69) is 54.3 Å². The molecule has 0 amide bonds. The molecular formula is C29H37ClN2O2S. The van der Waals surface area contributed by atoms with E-state index in [0.29, 0.717) is 17.4 Å². The average Bonchev–Trinajstić information content (AvgIpc) is 2.89. The molecule has 3 aromatic carbocycles. The lowest BCUT2D eigenvalue weighted by atomic mass is 9.79. The Morgan fingerprint density at radius 2 is 1.37 bits per heavy atom. The summed E-state index contributed by atoms with van der Waals surface area (Å²) in [7, 11) is -1.84. The maximum atomic E-state index is 13.2. The Bertz CT molecular complexity index is 1140. The number of sulfonamides is 1. The molecule has 0 bridgehead atoms. The first kappa shape index (κ1) is 27.4. The van der Waals surface area contributed by atoms with E-state index < -0.39 is 10.0 Å². The van der Waals surface area contributed by atoms with Gasteiger partial charge in [-0.15, -0.1) is 12.4 Å². The molecule has 1 aliphatic heterocycles. The molecule has 1 saturated heterocycles. The Kier molecular flexibility index (Phi) is 9.54. The van der Waals surface area contributed by atoms with Gasteiger partial charge < -0.3 is 4.90 Å². The van der Waals surface area contributed by atoms with Crippen molar-refractivity contribution in [2.24, 2.45) is 0 Å². The van der Waals surface area contributed by atoms with E-state index in [1.807, 2.05) is 24.3 Å². The summed E-state index contributed by atoms with van der Waals surface area (Å²) in [5.41, 5.74) is 2.35. The van der Waals surface area contributed by atoms with Crippen LogP contribution in [0.2, 0.25) is 0 Å². The Morgan fingerprint density at radius 1 is 0.857 bits per heavy atom. The zero-order valence-electron chi connectivity index (χ0n) is 20.7. The van der Waals surface area contributed by atoms with Crippen molar-refractivity contribution in [2.75, 3.05) is 33.2 Å². The van der Waals surface area contributed by atoms with Crippen molar-refractivity contribution in [1.82, 2.24) is 9.21 Å². The highest BCUT2D eigenvalue weighted by Crippen LogP contribution is 2.33. The van der Waals surface area contributed by atoms with Crippen molar-refractivity contribution in [3.05, 3.63) is 102 Å². The van der Waals surface area contributed by atoms with Gasteiger partial charge in [0, 0.05) is 19.0 Å². The van der Waals surface area contributed by atoms with Crippen molar-refractivity contribution < 1.29 is 8.42 Å². The molecule has 1 atom stereocenters. The van der Waals surface area contributed by atoms with Crippen LogP contribution < -0.4 is 0 Å². The maximum Gasteiger partial charge on any atom is 0.242 e. The molecule has 1 unspecified atom stereocenters. The van der Waals surface area contributed by atoms with E-state index in [1.165, 1.54) is 28.3 Å². The number of benzene rings is 3. The fraction of sp³-hybridized carbons (Fsp3) is 0.379. The molecule has 0 saturated carbocycles. The van der Waals surface area contributed by atoms with E-state index in [-0.39, 0.29) is 17.8 Å². The van der Waals surface area contributed by atoms with Crippen LogP contribution in [-0.2, 0) is 15.4 Å². The van der Waals surface area contributed by atoms with Gasteiger partial charge in [0.15, 0.2) is 0 Å². The summed E-state index contributed by atoms with van der Waals surface area (Å²) < 4.78 is 28.0. The zero-order chi connectivity index (χ0) is 24.0. The van der Waals surface area contributed by atoms with Crippen LogP contribution in [-0.4, -0.2) is 50.8 Å². The molecule has 1 aliphatic rings. The summed E-state index contributed by atoms with van der Waals surface area (Å²) in [6.45, 7) is 5.78. The molecule has 0 aromatic heterocycles. The van der Waals surface area contributed by atoms with Crippen molar-refractivity contribution >= 4 is 22.4 Å². The van der Waals surface area contributed by atoms with E-state index in [1.54, 1.807) is 31.3 Å². The number of halogens is 1. The second-order valence-electron chi connectivity index (χ2n) is 9.78. The van der Waals surface area contributed by atoms with Crippen molar-refractivity contribution in [3.63, 3.8) is 0 Å². The van der Waals surface area contributed by atoms with E-state index in [4.69, 9.17) is 0 Å². The SMILES string of the molecule is CN(CC(C)(CCN1CCC(c2ccccc2)CC1)c1ccccc1)S(=O)(=O)c1ccccc1.Cl. The quantitative estimate of drug-likeness (QED) is 0.355. The molecule has 0 N–H and O–H groups in total. The monoisotopic (exact) mass is 512 g/mol. The molecule has 188 valence electrons. The molecule has 1 heterocycles. The lowest BCUT2D eigenvalue weighted by Crippen LogP contribution is -2.43. The van der Waals surface area contributed by atoms with Gasteiger partial charge in [0.05, 0.1) is 4.90 Å². The molecule has 3 aromatic rings. The minimum atomic E-state index is -3.54. The third-order valence-electron chi connectivity index (χ3n) is 7.33. The molecule has 0 radical (unpaired) electrons. The van der Waals surface area contributed by atoms with Crippen LogP contribution in [0.1, 0.15) is 43.2 Å². The summed E-state index contributed by atoms with van der Waals surface area (Å²) in [5, 5.41) is 0. The Hall–Kier alpha value is -2.18. The number of piperidine rings is 1. The third-order valence-corrected chi connectivity index (χ3v) is 9.15. The summed E-state index contributed by atoms with van der Waals surface area (Å²) in [4.78, 5) is 2.89. The first-order valence-electron chi connectivity index (χ1n) is 12.2. The van der Waals surface area contributed by atoms with Crippen molar-refractivity contribution in [1.29, 1.82) is 0 Å². The third kappa shape index (κ3) is 6.73. The van der Waals surface area contributed by atoms with Crippen LogP contribution in [0.25, 0.3) is 0 Å². The average molecular weight is 513 g/mol. The van der Waals surface area contributed by atoms with Crippen LogP contribution in [0.4, 0.5) is 0 Å². The minimum absolute atomic E-state index is 0. The molecule has 35 heavy (non-hydrogen) atoms. The number of nitrogens with zero attached hydrogens (tertiary/aromatic N) is 2. The fourth-order valence-corrected chi connectivity index (χ4v) is 6.44. The van der Waals surface area contributed by atoms with Gasteiger partial charge in [-0.2, -0.15) is 0 Å². The molecular weight excluding hydrogens is 476 g/mol. The standard InChI is InChI=1S/C29H36N2O2S.ClH/c1-29(27-14-8-4-9-15-27,24-30(2)34(32,33)28-16-10-5-11-17-28)20-23-31-21-18-26(19-22-31)25-12-6-3-7-13-25;/h3-17,26H,18-24H2,1-2H3;1H. The lowest BCUT2D eigenvalue weighted by Gasteiger charge is -2.38. The highest BCUT2D eigenvalue weighted by molar-refractivity contribution is 7.89. The van der Waals surface area contributed by atoms with Crippen LogP contribution in [0.15, 0.2) is 95.9 Å². The zero-order valence-corrected chi connectivity index (χ0v) is 22.3. The number of hydrogen-bond donors (Lipinski definition) is 0. The molecule has 1 fully saturated rings. The van der Waals surface area contributed by atoms with Gasteiger partial charge in [0.25, 0.3) is 0 Å². The van der Waals surface area contributed by atoms with Gasteiger partial charge in [0.1, 0.15) is 0 Å². The van der Waals surface area contributed by atoms with E-state index in [0.717, 1.165) is 26.1 Å². The highest BCUT2D eigenvalue weighted by atomic mass is 35.5. The predicted molar refractivity (Wildman–Crippen MR) is 147 cm³/mol. The van der Waals surface area contributed by atoms with E-state index in [9.17, 15) is 8.42 Å². The summed E-state index contributed by atoms with van der Waals surface area (Å²) in [6, 6.07) is 29.9.